The highest BCUT2D eigenvalue weighted by molar-refractivity contribution is 5.76. The maximum absolute atomic E-state index is 11.5. The van der Waals surface area contributed by atoms with Crippen molar-refractivity contribution in [3.63, 3.8) is 0 Å². The predicted molar refractivity (Wildman–Crippen MR) is 73.0 cm³/mol. The van der Waals surface area contributed by atoms with Crippen LogP contribution in [0, 0.1) is 0 Å². The number of hydrogen-bond acceptors (Lipinski definition) is 3. The van der Waals surface area contributed by atoms with E-state index in [1.807, 2.05) is 24.3 Å². The molecule has 0 spiro atoms. The molecule has 3 N–H and O–H groups in total. The number of nitrogens with one attached hydrogen (secondary N) is 1. The van der Waals surface area contributed by atoms with Crippen LogP contribution in [0.2, 0.25) is 0 Å². The largest absolute Gasteiger partial charge is 0.502 e. The first-order valence-electron chi connectivity index (χ1n) is 6.06. The number of aryl methyl sites for hydroxylation is 1. The smallest absolute Gasteiger partial charge is 0.220 e. The summed E-state index contributed by atoms with van der Waals surface area (Å²) in [5.41, 5.74) is 7.45. The lowest BCUT2D eigenvalue weighted by Gasteiger charge is -2.05. The van der Waals surface area contributed by atoms with E-state index in [2.05, 4.69) is 11.9 Å². The molecule has 0 bridgehead atoms. The third-order valence-electron chi connectivity index (χ3n) is 2.50. The van der Waals surface area contributed by atoms with Crippen molar-refractivity contribution in [2.75, 3.05) is 18.9 Å². The summed E-state index contributed by atoms with van der Waals surface area (Å²) in [6, 6.07) is 7.58. The molecule has 1 aromatic rings. The average Bonchev–Trinajstić information content (AvgIpc) is 2.38. The molecule has 1 aromatic carbocycles. The first-order chi connectivity index (χ1) is 8.72. The molecule has 0 saturated carbocycles. The van der Waals surface area contributed by atoms with Crippen LogP contribution in [0.1, 0.15) is 18.4 Å². The maximum Gasteiger partial charge on any atom is 0.220 e. The molecular weight excluding hydrogens is 228 g/mol. The number of carbonyl (C=O) groups is 1. The summed E-state index contributed by atoms with van der Waals surface area (Å²) in [5.74, 6) is 0.0606. The Labute approximate surface area is 108 Å². The summed E-state index contributed by atoms with van der Waals surface area (Å²) in [4.78, 5) is 11.5. The van der Waals surface area contributed by atoms with Crippen molar-refractivity contribution in [3.8, 4) is 0 Å². The van der Waals surface area contributed by atoms with Crippen LogP contribution in [0.4, 0.5) is 5.69 Å². The van der Waals surface area contributed by atoms with E-state index in [1.54, 1.807) is 0 Å². The normalized spacial score (nSPS) is 9.78. The highest BCUT2D eigenvalue weighted by atomic mass is 16.5. The number of benzene rings is 1. The van der Waals surface area contributed by atoms with E-state index < -0.39 is 0 Å². The zero-order valence-corrected chi connectivity index (χ0v) is 10.5. The molecule has 0 aliphatic carbocycles. The molecule has 0 aromatic heterocycles. The van der Waals surface area contributed by atoms with Crippen molar-refractivity contribution < 1.29 is 9.53 Å². The van der Waals surface area contributed by atoms with Gasteiger partial charge in [-0.25, -0.2) is 0 Å². The van der Waals surface area contributed by atoms with Gasteiger partial charge in [0.2, 0.25) is 5.91 Å². The Balaban J connectivity index is 2.13. The Kier molecular flexibility index (Phi) is 6.40. The van der Waals surface area contributed by atoms with E-state index in [0.717, 1.165) is 24.1 Å². The van der Waals surface area contributed by atoms with Crippen LogP contribution in [0.3, 0.4) is 0 Å². The molecule has 1 amide bonds. The Morgan fingerprint density at radius 1 is 1.39 bits per heavy atom. The summed E-state index contributed by atoms with van der Waals surface area (Å²) in [6.45, 7) is 4.66. The van der Waals surface area contributed by atoms with E-state index in [-0.39, 0.29) is 5.91 Å². The first-order valence-corrected chi connectivity index (χ1v) is 6.06. The highest BCUT2D eigenvalue weighted by Crippen LogP contribution is 2.07. The number of carbonyl (C=O) groups excluding carboxylic acids is 1. The molecule has 4 nitrogen and oxygen atoms in total. The Bertz CT molecular complexity index is 374. The molecule has 0 heterocycles. The van der Waals surface area contributed by atoms with Gasteiger partial charge in [0.1, 0.15) is 0 Å². The molecule has 0 aliphatic rings. The quantitative estimate of drug-likeness (QED) is 0.419. The van der Waals surface area contributed by atoms with Crippen molar-refractivity contribution in [1.29, 1.82) is 0 Å². The van der Waals surface area contributed by atoms with Gasteiger partial charge in [0, 0.05) is 18.7 Å². The minimum absolute atomic E-state index is 0.0606. The standard InChI is InChI=1S/C14H20N2O2/c1-2-18-11-3-10-16-14(17)9-6-12-4-7-13(15)8-5-12/h2,4-5,7-8H,1,3,6,9-11,15H2,(H,16,17). The lowest BCUT2D eigenvalue weighted by atomic mass is 10.1. The SMILES string of the molecule is C=COCCCNC(=O)CCc1ccc(N)cc1. The lowest BCUT2D eigenvalue weighted by molar-refractivity contribution is -0.121. The third kappa shape index (κ3) is 5.94. The number of ether oxygens (including phenoxy) is 1. The van der Waals surface area contributed by atoms with Gasteiger partial charge in [-0.1, -0.05) is 18.7 Å². The van der Waals surface area contributed by atoms with Crippen molar-refractivity contribution in [2.24, 2.45) is 0 Å². The average molecular weight is 248 g/mol. The van der Waals surface area contributed by atoms with Crippen LogP contribution in [0.25, 0.3) is 0 Å². The van der Waals surface area contributed by atoms with Crippen LogP contribution < -0.4 is 11.1 Å². The zero-order valence-electron chi connectivity index (χ0n) is 10.5. The van der Waals surface area contributed by atoms with E-state index in [9.17, 15) is 4.79 Å². The maximum atomic E-state index is 11.5. The van der Waals surface area contributed by atoms with E-state index in [1.165, 1.54) is 6.26 Å². The molecule has 18 heavy (non-hydrogen) atoms. The number of anilines is 1. The second kappa shape index (κ2) is 8.17. The summed E-state index contributed by atoms with van der Waals surface area (Å²) in [7, 11) is 0. The van der Waals surface area contributed by atoms with Gasteiger partial charge in [0.05, 0.1) is 12.9 Å². The number of nitrogen functional groups attached to an aromatic ring is 1. The summed E-state index contributed by atoms with van der Waals surface area (Å²) >= 11 is 0. The topological polar surface area (TPSA) is 64.3 Å². The highest BCUT2D eigenvalue weighted by Gasteiger charge is 2.01. The summed E-state index contributed by atoms with van der Waals surface area (Å²) < 4.78 is 4.96. The zero-order chi connectivity index (χ0) is 13.2. The fourth-order valence-electron chi connectivity index (χ4n) is 1.50. The molecule has 98 valence electrons. The van der Waals surface area contributed by atoms with Gasteiger partial charge in [-0.15, -0.1) is 0 Å². The lowest BCUT2D eigenvalue weighted by Crippen LogP contribution is -2.25. The number of rotatable bonds is 8. The first kappa shape index (κ1) is 14.1. The van der Waals surface area contributed by atoms with E-state index >= 15 is 0 Å². The number of nitrogens with two attached hydrogens (primary N) is 1. The molecule has 0 fully saturated rings. The fourth-order valence-corrected chi connectivity index (χ4v) is 1.50. The molecular formula is C14H20N2O2. The minimum atomic E-state index is 0.0606. The van der Waals surface area contributed by atoms with E-state index in [0.29, 0.717) is 19.6 Å². The van der Waals surface area contributed by atoms with Gasteiger partial charge in [-0.2, -0.15) is 0 Å². The van der Waals surface area contributed by atoms with Crippen molar-refractivity contribution in [2.45, 2.75) is 19.3 Å². The minimum Gasteiger partial charge on any atom is -0.502 e. The van der Waals surface area contributed by atoms with Crippen LogP contribution in [0.15, 0.2) is 37.1 Å². The number of hydrogen-bond donors (Lipinski definition) is 2. The second-order valence-corrected chi connectivity index (χ2v) is 3.98. The van der Waals surface area contributed by atoms with Gasteiger partial charge in [-0.05, 0) is 30.5 Å². The Morgan fingerprint density at radius 3 is 2.78 bits per heavy atom. The molecule has 4 heteroatoms. The summed E-state index contributed by atoms with van der Waals surface area (Å²) in [5, 5.41) is 2.85. The Hall–Kier alpha value is -1.97. The molecule has 0 unspecified atom stereocenters. The molecule has 0 radical (unpaired) electrons. The predicted octanol–water partition coefficient (Wildman–Crippen LogP) is 1.87. The van der Waals surface area contributed by atoms with Gasteiger partial charge in [0.25, 0.3) is 0 Å². The third-order valence-corrected chi connectivity index (χ3v) is 2.50. The van der Waals surface area contributed by atoms with Gasteiger partial charge >= 0.3 is 0 Å². The van der Waals surface area contributed by atoms with Crippen LogP contribution in [-0.4, -0.2) is 19.1 Å². The van der Waals surface area contributed by atoms with Gasteiger partial charge in [-0.3, -0.25) is 4.79 Å². The van der Waals surface area contributed by atoms with Crippen LogP contribution in [0.5, 0.6) is 0 Å². The molecule has 0 atom stereocenters. The van der Waals surface area contributed by atoms with Gasteiger partial charge < -0.3 is 15.8 Å². The monoisotopic (exact) mass is 248 g/mol. The fraction of sp³-hybridized carbons (Fsp3) is 0.357. The van der Waals surface area contributed by atoms with Crippen molar-refractivity contribution in [3.05, 3.63) is 42.7 Å². The molecule has 0 aliphatic heterocycles. The molecule has 1 rings (SSSR count). The second-order valence-electron chi connectivity index (χ2n) is 3.98. The van der Waals surface area contributed by atoms with Crippen molar-refractivity contribution in [1.82, 2.24) is 5.32 Å². The van der Waals surface area contributed by atoms with Crippen molar-refractivity contribution >= 4 is 11.6 Å². The van der Waals surface area contributed by atoms with Gasteiger partial charge in [0.15, 0.2) is 0 Å². The number of amides is 1. The van der Waals surface area contributed by atoms with E-state index in [4.69, 9.17) is 10.5 Å². The Morgan fingerprint density at radius 2 is 2.11 bits per heavy atom. The van der Waals surface area contributed by atoms with Crippen LogP contribution in [-0.2, 0) is 16.0 Å². The molecule has 0 saturated heterocycles. The van der Waals surface area contributed by atoms with Crippen LogP contribution >= 0.6 is 0 Å². The summed E-state index contributed by atoms with van der Waals surface area (Å²) in [6.07, 6.45) is 3.42.